The van der Waals surface area contributed by atoms with E-state index >= 15 is 0 Å². The fourth-order valence-corrected chi connectivity index (χ4v) is 3.76. The lowest BCUT2D eigenvalue weighted by Crippen LogP contribution is -2.29. The Morgan fingerprint density at radius 1 is 1.25 bits per heavy atom. The molecule has 24 heavy (non-hydrogen) atoms. The first kappa shape index (κ1) is 16.6. The van der Waals surface area contributed by atoms with Gasteiger partial charge in [0.05, 0.1) is 5.54 Å². The molecule has 1 heterocycles. The van der Waals surface area contributed by atoms with Crippen molar-refractivity contribution < 1.29 is 4.79 Å². The van der Waals surface area contributed by atoms with Crippen LogP contribution in [0.25, 0.3) is 0 Å². The average molecular weight is 339 g/mol. The third-order valence-corrected chi connectivity index (χ3v) is 5.03. The molecule has 0 bridgehead atoms. The molecule has 0 aromatic heterocycles. The summed E-state index contributed by atoms with van der Waals surface area (Å²) in [5.74, 6) is 0.907. The number of thioether (sulfide) groups is 1. The second-order valence-corrected chi connectivity index (χ2v) is 7.19. The number of amidine groups is 1. The van der Waals surface area contributed by atoms with Gasteiger partial charge in [-0.1, -0.05) is 54.2 Å². The first-order valence-electron chi connectivity index (χ1n) is 7.98. The molecule has 0 saturated carbocycles. The molecule has 1 aliphatic heterocycles. The van der Waals surface area contributed by atoms with Gasteiger partial charge in [0.15, 0.2) is 5.17 Å². The Labute approximate surface area is 146 Å². The number of benzene rings is 2. The van der Waals surface area contributed by atoms with Crippen LogP contribution in [0.3, 0.4) is 0 Å². The van der Waals surface area contributed by atoms with Gasteiger partial charge in [0.2, 0.25) is 0 Å². The molecule has 2 aromatic carbocycles. The van der Waals surface area contributed by atoms with E-state index in [0.717, 1.165) is 23.3 Å². The normalized spacial score (nSPS) is 20.3. The van der Waals surface area contributed by atoms with Gasteiger partial charge in [0, 0.05) is 17.9 Å². The topological polar surface area (TPSA) is 67.5 Å². The standard InChI is InChI=1S/C19H21N3OS/c1-19(10-11-24-18(20)22-19)16-9-5-6-14(12-16)13-21-17(23)15-7-3-2-4-8-15/h2-9,12H,10-11,13H2,1H3,(H2,20,22)(H,21,23). The summed E-state index contributed by atoms with van der Waals surface area (Å²) in [7, 11) is 0. The first-order valence-corrected chi connectivity index (χ1v) is 8.96. The predicted molar refractivity (Wildman–Crippen MR) is 100 cm³/mol. The number of carbonyl (C=O) groups is 1. The molecular formula is C19H21N3OS. The number of rotatable bonds is 4. The molecule has 0 radical (unpaired) electrons. The van der Waals surface area contributed by atoms with Crippen molar-refractivity contribution in [1.29, 1.82) is 0 Å². The van der Waals surface area contributed by atoms with Crippen LogP contribution >= 0.6 is 11.8 Å². The number of aliphatic imine (C=N–C) groups is 1. The summed E-state index contributed by atoms with van der Waals surface area (Å²) < 4.78 is 0. The Bertz CT molecular complexity index is 760. The molecule has 0 spiro atoms. The van der Waals surface area contributed by atoms with E-state index in [2.05, 4.69) is 29.4 Å². The summed E-state index contributed by atoms with van der Waals surface area (Å²) in [4.78, 5) is 16.8. The van der Waals surface area contributed by atoms with E-state index < -0.39 is 0 Å². The van der Waals surface area contributed by atoms with Gasteiger partial charge in [-0.3, -0.25) is 9.79 Å². The quantitative estimate of drug-likeness (QED) is 0.898. The second-order valence-electron chi connectivity index (χ2n) is 6.07. The second kappa shape index (κ2) is 7.09. The predicted octanol–water partition coefficient (Wildman–Crippen LogP) is 3.28. The molecule has 3 N–H and O–H groups in total. The van der Waals surface area contributed by atoms with Gasteiger partial charge < -0.3 is 11.1 Å². The van der Waals surface area contributed by atoms with Gasteiger partial charge in [-0.25, -0.2) is 0 Å². The smallest absolute Gasteiger partial charge is 0.251 e. The van der Waals surface area contributed by atoms with Crippen LogP contribution in [0, 0.1) is 0 Å². The Morgan fingerprint density at radius 2 is 2.04 bits per heavy atom. The lowest BCUT2D eigenvalue weighted by Gasteiger charge is -2.30. The summed E-state index contributed by atoms with van der Waals surface area (Å²) in [6, 6.07) is 17.5. The molecule has 1 amide bonds. The number of nitrogens with zero attached hydrogens (tertiary/aromatic N) is 1. The average Bonchev–Trinajstić information content (AvgIpc) is 2.60. The maximum atomic E-state index is 12.2. The molecular weight excluding hydrogens is 318 g/mol. The van der Waals surface area contributed by atoms with Gasteiger partial charge >= 0.3 is 0 Å². The Kier molecular flexibility index (Phi) is 4.90. The van der Waals surface area contributed by atoms with E-state index in [1.807, 2.05) is 42.5 Å². The van der Waals surface area contributed by atoms with Gasteiger partial charge in [0.25, 0.3) is 5.91 Å². The molecule has 2 aromatic rings. The highest BCUT2D eigenvalue weighted by Crippen LogP contribution is 2.35. The largest absolute Gasteiger partial charge is 0.379 e. The fraction of sp³-hybridized carbons (Fsp3) is 0.263. The number of nitrogens with one attached hydrogen (secondary N) is 1. The lowest BCUT2D eigenvalue weighted by atomic mass is 9.89. The Morgan fingerprint density at radius 3 is 2.79 bits per heavy atom. The van der Waals surface area contributed by atoms with Crippen molar-refractivity contribution in [2.45, 2.75) is 25.4 Å². The monoisotopic (exact) mass is 339 g/mol. The van der Waals surface area contributed by atoms with Crippen LogP contribution in [0.4, 0.5) is 0 Å². The number of nitrogens with two attached hydrogens (primary N) is 1. The van der Waals surface area contributed by atoms with Crippen molar-refractivity contribution in [3.8, 4) is 0 Å². The summed E-state index contributed by atoms with van der Waals surface area (Å²) in [6.45, 7) is 2.60. The van der Waals surface area contributed by atoms with Gasteiger partial charge in [-0.05, 0) is 36.6 Å². The van der Waals surface area contributed by atoms with Gasteiger partial charge in [0.1, 0.15) is 0 Å². The zero-order chi connectivity index (χ0) is 17.0. The van der Waals surface area contributed by atoms with Crippen LogP contribution in [0.5, 0.6) is 0 Å². The molecule has 3 rings (SSSR count). The summed E-state index contributed by atoms with van der Waals surface area (Å²) in [5.41, 5.74) is 8.49. The van der Waals surface area contributed by atoms with Crippen molar-refractivity contribution in [1.82, 2.24) is 5.32 Å². The number of amides is 1. The molecule has 124 valence electrons. The molecule has 0 saturated heterocycles. The fourth-order valence-electron chi connectivity index (χ4n) is 2.78. The first-order chi connectivity index (χ1) is 11.6. The van der Waals surface area contributed by atoms with Crippen LogP contribution in [0.2, 0.25) is 0 Å². The summed E-state index contributed by atoms with van der Waals surface area (Å²) in [5, 5.41) is 3.61. The molecule has 1 aliphatic rings. The lowest BCUT2D eigenvalue weighted by molar-refractivity contribution is 0.0951. The van der Waals surface area contributed by atoms with Gasteiger partial charge in [-0.2, -0.15) is 0 Å². The molecule has 0 fully saturated rings. The van der Waals surface area contributed by atoms with Crippen LogP contribution in [-0.4, -0.2) is 16.8 Å². The van der Waals surface area contributed by atoms with E-state index in [0.29, 0.717) is 17.3 Å². The van der Waals surface area contributed by atoms with Crippen LogP contribution < -0.4 is 11.1 Å². The SMILES string of the molecule is CC1(c2cccc(CNC(=O)c3ccccc3)c2)CCSC(N)=N1. The Balaban J connectivity index is 1.72. The maximum Gasteiger partial charge on any atom is 0.251 e. The van der Waals surface area contributed by atoms with Crippen molar-refractivity contribution in [2.75, 3.05) is 5.75 Å². The van der Waals surface area contributed by atoms with E-state index in [1.165, 1.54) is 0 Å². The third-order valence-electron chi connectivity index (χ3n) is 4.23. The van der Waals surface area contributed by atoms with E-state index in [1.54, 1.807) is 11.8 Å². The van der Waals surface area contributed by atoms with Crippen LogP contribution in [0.15, 0.2) is 59.6 Å². The summed E-state index contributed by atoms with van der Waals surface area (Å²) in [6.07, 6.45) is 0.957. The number of hydrogen-bond donors (Lipinski definition) is 2. The summed E-state index contributed by atoms with van der Waals surface area (Å²) >= 11 is 1.60. The molecule has 1 unspecified atom stereocenters. The highest BCUT2D eigenvalue weighted by Gasteiger charge is 2.29. The highest BCUT2D eigenvalue weighted by atomic mass is 32.2. The maximum absolute atomic E-state index is 12.2. The van der Waals surface area contributed by atoms with E-state index in [-0.39, 0.29) is 11.4 Å². The van der Waals surface area contributed by atoms with Crippen molar-refractivity contribution in [3.05, 3.63) is 71.3 Å². The Hall–Kier alpha value is -2.27. The number of hydrogen-bond acceptors (Lipinski definition) is 4. The van der Waals surface area contributed by atoms with Crippen LogP contribution in [-0.2, 0) is 12.1 Å². The third kappa shape index (κ3) is 3.79. The van der Waals surface area contributed by atoms with Crippen molar-refractivity contribution in [2.24, 2.45) is 10.7 Å². The highest BCUT2D eigenvalue weighted by molar-refractivity contribution is 8.13. The van der Waals surface area contributed by atoms with Gasteiger partial charge in [-0.15, -0.1) is 0 Å². The number of carbonyl (C=O) groups excluding carboxylic acids is 1. The van der Waals surface area contributed by atoms with Crippen molar-refractivity contribution >= 4 is 22.8 Å². The molecule has 4 nitrogen and oxygen atoms in total. The zero-order valence-electron chi connectivity index (χ0n) is 13.7. The molecule has 5 heteroatoms. The minimum absolute atomic E-state index is 0.0662. The van der Waals surface area contributed by atoms with E-state index in [9.17, 15) is 4.79 Å². The van der Waals surface area contributed by atoms with Crippen molar-refractivity contribution in [3.63, 3.8) is 0 Å². The minimum Gasteiger partial charge on any atom is -0.379 e. The zero-order valence-corrected chi connectivity index (χ0v) is 14.5. The molecule has 1 atom stereocenters. The van der Waals surface area contributed by atoms with E-state index in [4.69, 9.17) is 5.73 Å². The minimum atomic E-state index is -0.283. The van der Waals surface area contributed by atoms with Crippen LogP contribution in [0.1, 0.15) is 34.8 Å². The molecule has 0 aliphatic carbocycles.